The van der Waals surface area contributed by atoms with Gasteiger partial charge in [-0.05, 0) is 49.7 Å². The van der Waals surface area contributed by atoms with Crippen molar-refractivity contribution in [1.29, 1.82) is 0 Å². The van der Waals surface area contributed by atoms with Crippen LogP contribution in [0.1, 0.15) is 24.4 Å². The predicted molar refractivity (Wildman–Crippen MR) is 104 cm³/mol. The van der Waals surface area contributed by atoms with Gasteiger partial charge in [-0.1, -0.05) is 23.7 Å². The molecule has 1 aromatic heterocycles. The second-order valence-corrected chi connectivity index (χ2v) is 6.80. The van der Waals surface area contributed by atoms with Crippen LogP contribution in [0, 0.1) is 6.92 Å². The Morgan fingerprint density at radius 3 is 2.77 bits per heavy atom. The number of benzene rings is 2. The molecule has 1 heterocycles. The Hall–Kier alpha value is -2.21. The highest BCUT2D eigenvalue weighted by Gasteiger charge is 2.20. The molecule has 3 rings (SSSR count). The minimum atomic E-state index is -0.0667. The summed E-state index contributed by atoms with van der Waals surface area (Å²) in [5.41, 5.74) is 2.38. The number of rotatable bonds is 6. The highest BCUT2D eigenvalue weighted by Crippen LogP contribution is 2.21. The van der Waals surface area contributed by atoms with Gasteiger partial charge in [0.05, 0.1) is 29.7 Å². The van der Waals surface area contributed by atoms with Gasteiger partial charge in [0.15, 0.2) is 5.82 Å². The average Bonchev–Trinajstić information content (AvgIpc) is 2.62. The summed E-state index contributed by atoms with van der Waals surface area (Å²) in [5.74, 6) is 0.718. The lowest BCUT2D eigenvalue weighted by atomic mass is 10.1. The first-order valence-corrected chi connectivity index (χ1v) is 9.01. The number of nitrogens with zero attached hydrogens (tertiary/aromatic N) is 2. The summed E-state index contributed by atoms with van der Waals surface area (Å²) < 4.78 is 6.84. The van der Waals surface area contributed by atoms with E-state index in [0.29, 0.717) is 22.5 Å². The number of aromatic nitrogens is 2. The number of halogens is 1. The first-order valence-electron chi connectivity index (χ1n) is 8.63. The monoisotopic (exact) mass is 372 g/mol. The molecule has 0 spiro atoms. The lowest BCUT2D eigenvalue weighted by Gasteiger charge is -2.19. The normalized spacial score (nSPS) is 12.5. The van der Waals surface area contributed by atoms with E-state index in [-0.39, 0.29) is 11.6 Å². The van der Waals surface area contributed by atoms with Crippen LogP contribution in [0.4, 0.5) is 0 Å². The fraction of sp³-hybridized carbons (Fsp3) is 0.300. The van der Waals surface area contributed by atoms with Crippen molar-refractivity contribution in [2.45, 2.75) is 19.9 Å². The Kier molecular flexibility index (Phi) is 5.71. The van der Waals surface area contributed by atoms with Crippen LogP contribution in [-0.2, 0) is 4.74 Å². The van der Waals surface area contributed by atoms with Crippen molar-refractivity contribution >= 4 is 22.5 Å². The van der Waals surface area contributed by atoms with Crippen LogP contribution >= 0.6 is 11.6 Å². The molecule has 3 aromatic rings. The van der Waals surface area contributed by atoms with Gasteiger partial charge < -0.3 is 10.1 Å². The Labute approximate surface area is 157 Å². The molecule has 0 radical (unpaired) electrons. The molecule has 1 atom stereocenters. The molecule has 0 unspecified atom stereocenters. The Morgan fingerprint density at radius 1 is 1.27 bits per heavy atom. The fourth-order valence-electron chi connectivity index (χ4n) is 3.10. The molecular formula is C20H23ClN3O2+. The first-order chi connectivity index (χ1) is 12.5. The van der Waals surface area contributed by atoms with E-state index in [2.05, 4.69) is 5.32 Å². The van der Waals surface area contributed by atoms with Crippen LogP contribution in [0.25, 0.3) is 16.6 Å². The lowest BCUT2D eigenvalue weighted by molar-refractivity contribution is -0.695. The van der Waals surface area contributed by atoms with Crippen LogP contribution in [0.3, 0.4) is 0 Å². The van der Waals surface area contributed by atoms with Gasteiger partial charge in [-0.15, -0.1) is 0 Å². The Morgan fingerprint density at radius 2 is 2.04 bits per heavy atom. The van der Waals surface area contributed by atoms with E-state index in [0.717, 1.165) is 23.6 Å². The summed E-state index contributed by atoms with van der Waals surface area (Å²) in [4.78, 5) is 18.1. The molecule has 0 aliphatic heterocycles. The number of fused-ring (bicyclic) bond motifs is 1. The van der Waals surface area contributed by atoms with Crippen molar-refractivity contribution in [3.05, 3.63) is 69.2 Å². The van der Waals surface area contributed by atoms with E-state index in [1.807, 2.05) is 50.2 Å². The molecule has 0 bridgehead atoms. The van der Waals surface area contributed by atoms with E-state index in [1.165, 1.54) is 0 Å². The standard InChI is InChI=1S/C20H22ClN3O2/c1-13-12-15(21)8-9-18(13)24-19(14(2)22-10-11-26-3)23-17-7-5-4-6-16(17)20(24)25/h4-9,12,14,22H,10-11H2,1-3H3/p+1/t14-/m1/s1. The summed E-state index contributed by atoms with van der Waals surface area (Å²) in [6, 6.07) is 13.0. The second kappa shape index (κ2) is 7.99. The van der Waals surface area contributed by atoms with E-state index in [9.17, 15) is 4.79 Å². The number of nitrogens with two attached hydrogens (primary N) is 1. The summed E-state index contributed by atoms with van der Waals surface area (Å²) in [5, 5.41) is 3.38. The van der Waals surface area contributed by atoms with Crippen LogP contribution in [0.2, 0.25) is 5.02 Å². The molecule has 0 saturated carbocycles. The van der Waals surface area contributed by atoms with Gasteiger partial charge in [-0.2, -0.15) is 0 Å². The molecule has 26 heavy (non-hydrogen) atoms. The first kappa shape index (κ1) is 18.6. The third-order valence-electron chi connectivity index (χ3n) is 4.45. The number of methoxy groups -OCH3 is 1. The summed E-state index contributed by atoms with van der Waals surface area (Å²) in [7, 11) is 1.68. The third-order valence-corrected chi connectivity index (χ3v) is 4.69. The van der Waals surface area contributed by atoms with Crippen molar-refractivity contribution in [2.75, 3.05) is 20.3 Å². The van der Waals surface area contributed by atoms with Crippen molar-refractivity contribution in [1.82, 2.24) is 9.55 Å². The van der Waals surface area contributed by atoms with Crippen molar-refractivity contribution in [3.8, 4) is 5.69 Å². The molecule has 0 aliphatic rings. The smallest absolute Gasteiger partial charge is 0.266 e. The number of quaternary nitrogens is 1. The van der Waals surface area contributed by atoms with Crippen LogP contribution in [0.5, 0.6) is 0 Å². The van der Waals surface area contributed by atoms with Crippen molar-refractivity contribution < 1.29 is 10.1 Å². The van der Waals surface area contributed by atoms with Crippen molar-refractivity contribution in [3.63, 3.8) is 0 Å². The van der Waals surface area contributed by atoms with E-state index in [1.54, 1.807) is 17.7 Å². The zero-order valence-corrected chi connectivity index (χ0v) is 16.0. The number of ether oxygens (including phenoxy) is 1. The van der Waals surface area contributed by atoms with Gasteiger partial charge in [0, 0.05) is 12.1 Å². The quantitative estimate of drug-likeness (QED) is 0.676. The maximum atomic E-state index is 13.3. The lowest BCUT2D eigenvalue weighted by Crippen LogP contribution is -2.86. The summed E-state index contributed by atoms with van der Waals surface area (Å²) in [6.45, 7) is 5.43. The van der Waals surface area contributed by atoms with Gasteiger partial charge >= 0.3 is 0 Å². The third kappa shape index (κ3) is 3.65. The van der Waals surface area contributed by atoms with Gasteiger partial charge in [0.25, 0.3) is 5.56 Å². The zero-order chi connectivity index (χ0) is 18.7. The van der Waals surface area contributed by atoms with Gasteiger partial charge in [-0.3, -0.25) is 9.36 Å². The minimum absolute atomic E-state index is 0.00228. The van der Waals surface area contributed by atoms with Gasteiger partial charge in [0.2, 0.25) is 0 Å². The van der Waals surface area contributed by atoms with Crippen LogP contribution in [0.15, 0.2) is 47.3 Å². The van der Waals surface area contributed by atoms with E-state index >= 15 is 0 Å². The summed E-state index contributed by atoms with van der Waals surface area (Å²) in [6.07, 6.45) is 0. The molecule has 6 heteroatoms. The molecule has 2 N–H and O–H groups in total. The average molecular weight is 373 g/mol. The maximum absolute atomic E-state index is 13.3. The number of aryl methyl sites for hydroxylation is 1. The van der Waals surface area contributed by atoms with Crippen LogP contribution in [-0.4, -0.2) is 29.8 Å². The molecule has 0 fully saturated rings. The topological polar surface area (TPSA) is 60.7 Å². The van der Waals surface area contributed by atoms with E-state index in [4.69, 9.17) is 21.3 Å². The molecular weight excluding hydrogens is 350 g/mol. The highest BCUT2D eigenvalue weighted by atomic mass is 35.5. The number of para-hydroxylation sites is 1. The minimum Gasteiger partial charge on any atom is -0.379 e. The fourth-order valence-corrected chi connectivity index (χ4v) is 3.33. The number of hydrogen-bond acceptors (Lipinski definition) is 3. The SMILES string of the molecule is COCC[NH2+][C@H](C)c1nc2ccccc2c(=O)n1-c1ccc(Cl)cc1C. The van der Waals surface area contributed by atoms with Crippen molar-refractivity contribution in [2.24, 2.45) is 0 Å². The Balaban J connectivity index is 2.22. The predicted octanol–water partition coefficient (Wildman–Crippen LogP) is 2.62. The second-order valence-electron chi connectivity index (χ2n) is 6.36. The molecule has 0 aliphatic carbocycles. The summed E-state index contributed by atoms with van der Waals surface area (Å²) >= 11 is 6.10. The number of hydrogen-bond donors (Lipinski definition) is 1. The maximum Gasteiger partial charge on any atom is 0.266 e. The Bertz CT molecular complexity index is 984. The molecule has 0 saturated heterocycles. The van der Waals surface area contributed by atoms with Gasteiger partial charge in [0.1, 0.15) is 6.04 Å². The van der Waals surface area contributed by atoms with Crippen LogP contribution < -0.4 is 10.9 Å². The molecule has 5 nitrogen and oxygen atoms in total. The molecule has 2 aromatic carbocycles. The van der Waals surface area contributed by atoms with Gasteiger partial charge in [-0.25, -0.2) is 4.98 Å². The highest BCUT2D eigenvalue weighted by molar-refractivity contribution is 6.30. The molecule has 0 amide bonds. The molecule has 136 valence electrons. The zero-order valence-electron chi connectivity index (χ0n) is 15.2. The largest absolute Gasteiger partial charge is 0.379 e. The van der Waals surface area contributed by atoms with E-state index < -0.39 is 0 Å².